The second kappa shape index (κ2) is 7.66. The second-order valence-electron chi connectivity index (χ2n) is 6.46. The van der Waals surface area contributed by atoms with Crippen molar-refractivity contribution in [2.75, 3.05) is 26.2 Å². The first-order valence-corrected chi connectivity index (χ1v) is 10.3. The Morgan fingerprint density at radius 2 is 1.89 bits per heavy atom. The molecule has 28 heavy (non-hydrogen) atoms. The fraction of sp³-hybridized carbons (Fsp3) is 0.278. The molecule has 4 rings (SSSR count). The summed E-state index contributed by atoms with van der Waals surface area (Å²) in [5.41, 5.74) is 1.23. The predicted octanol–water partition coefficient (Wildman–Crippen LogP) is 0.253. The number of rotatable bonds is 5. The van der Waals surface area contributed by atoms with Crippen molar-refractivity contribution in [1.82, 2.24) is 29.3 Å². The smallest absolute Gasteiger partial charge is 0.254 e. The minimum absolute atomic E-state index is 0.263. The minimum Gasteiger partial charge on any atom is -0.348 e. The summed E-state index contributed by atoms with van der Waals surface area (Å²) >= 11 is 0. The Bertz CT molecular complexity index is 1090. The van der Waals surface area contributed by atoms with Crippen LogP contribution in [0.5, 0.6) is 0 Å². The zero-order chi connectivity index (χ0) is 19.6. The van der Waals surface area contributed by atoms with Crippen LogP contribution in [0.25, 0.3) is 5.78 Å². The fourth-order valence-corrected chi connectivity index (χ4v) is 4.47. The third-order valence-electron chi connectivity index (χ3n) is 4.60. The normalized spacial score (nSPS) is 15.6. The molecule has 1 saturated heterocycles. The third kappa shape index (κ3) is 3.75. The lowest BCUT2D eigenvalue weighted by atomic mass is 10.2. The third-order valence-corrected chi connectivity index (χ3v) is 6.51. The van der Waals surface area contributed by atoms with Crippen LogP contribution in [0.1, 0.15) is 15.9 Å². The van der Waals surface area contributed by atoms with E-state index in [-0.39, 0.29) is 17.3 Å². The summed E-state index contributed by atoms with van der Waals surface area (Å²) in [6, 6.07) is 6.59. The van der Waals surface area contributed by atoms with E-state index in [4.69, 9.17) is 0 Å². The van der Waals surface area contributed by atoms with E-state index in [0.29, 0.717) is 37.5 Å². The maximum atomic E-state index is 12.6. The maximum Gasteiger partial charge on any atom is 0.254 e. The Kier molecular flexibility index (Phi) is 5.07. The van der Waals surface area contributed by atoms with Crippen molar-refractivity contribution in [3.8, 4) is 0 Å². The number of carbonyl (C=O) groups excluding carboxylic acids is 1. The van der Waals surface area contributed by atoms with Crippen LogP contribution < -0.4 is 10.6 Å². The van der Waals surface area contributed by atoms with E-state index < -0.39 is 10.0 Å². The molecular weight excluding hydrogens is 380 g/mol. The number of piperazine rings is 1. The number of hydrogen-bond donors (Lipinski definition) is 2. The molecule has 9 nitrogen and oxygen atoms in total. The van der Waals surface area contributed by atoms with Crippen molar-refractivity contribution >= 4 is 21.7 Å². The molecule has 2 aromatic heterocycles. The van der Waals surface area contributed by atoms with E-state index in [1.54, 1.807) is 47.3 Å². The highest BCUT2D eigenvalue weighted by molar-refractivity contribution is 7.89. The number of fused-ring (bicyclic) bond motifs is 1. The van der Waals surface area contributed by atoms with Crippen molar-refractivity contribution in [2.45, 2.75) is 11.4 Å². The van der Waals surface area contributed by atoms with Gasteiger partial charge in [-0.15, -0.1) is 0 Å². The van der Waals surface area contributed by atoms with Gasteiger partial charge in [-0.05, 0) is 17.7 Å². The number of sulfonamides is 1. The summed E-state index contributed by atoms with van der Waals surface area (Å²) in [5, 5.41) is 5.95. The highest BCUT2D eigenvalue weighted by Crippen LogP contribution is 2.17. The molecule has 0 saturated carbocycles. The molecule has 0 aliphatic carbocycles. The molecule has 1 aromatic carbocycles. The molecule has 1 aliphatic heterocycles. The van der Waals surface area contributed by atoms with Gasteiger partial charge in [-0.2, -0.15) is 4.31 Å². The number of nitrogens with zero attached hydrogens (tertiary/aromatic N) is 4. The van der Waals surface area contributed by atoms with Gasteiger partial charge in [0.2, 0.25) is 15.8 Å². The van der Waals surface area contributed by atoms with Crippen LogP contribution in [0, 0.1) is 0 Å². The summed E-state index contributed by atoms with van der Waals surface area (Å²) in [4.78, 5) is 20.7. The van der Waals surface area contributed by atoms with Crippen LogP contribution in [0.4, 0.5) is 0 Å². The van der Waals surface area contributed by atoms with Gasteiger partial charge in [0.05, 0.1) is 10.5 Å². The molecule has 146 valence electrons. The number of hydrogen-bond acceptors (Lipinski definition) is 6. The van der Waals surface area contributed by atoms with Crippen LogP contribution in [-0.4, -0.2) is 59.2 Å². The highest BCUT2D eigenvalue weighted by atomic mass is 32.2. The van der Waals surface area contributed by atoms with Crippen LogP contribution in [0.3, 0.4) is 0 Å². The molecule has 0 bridgehead atoms. The Balaban J connectivity index is 1.40. The minimum atomic E-state index is -3.48. The largest absolute Gasteiger partial charge is 0.348 e. The topological polar surface area (TPSA) is 109 Å². The maximum absolute atomic E-state index is 12.6. The van der Waals surface area contributed by atoms with E-state index in [0.717, 1.165) is 5.56 Å². The standard InChI is InChI=1S/C18H20N6O3S/c25-17(15-12-22-18-20-7-8-23(18)13-15)21-11-14-1-3-16(4-2-14)28(26,27)24-9-5-19-6-10-24/h1-4,7-8,12-13,19H,5-6,9-11H2,(H,21,25). The number of amides is 1. The lowest BCUT2D eigenvalue weighted by molar-refractivity contribution is 0.0950. The summed E-state index contributed by atoms with van der Waals surface area (Å²) in [6.07, 6.45) is 6.46. The molecule has 1 fully saturated rings. The average molecular weight is 400 g/mol. The summed E-state index contributed by atoms with van der Waals surface area (Å²) in [6.45, 7) is 2.53. The zero-order valence-corrected chi connectivity index (χ0v) is 15.9. The molecular formula is C18H20N6O3S. The lowest BCUT2D eigenvalue weighted by Gasteiger charge is -2.26. The molecule has 3 aromatic rings. The van der Waals surface area contributed by atoms with Crippen molar-refractivity contribution in [1.29, 1.82) is 0 Å². The number of nitrogens with one attached hydrogen (secondary N) is 2. The van der Waals surface area contributed by atoms with Crippen LogP contribution in [0.15, 0.2) is 53.9 Å². The lowest BCUT2D eigenvalue weighted by Crippen LogP contribution is -2.46. The van der Waals surface area contributed by atoms with Gasteiger partial charge in [-0.1, -0.05) is 12.1 Å². The number of benzene rings is 1. The van der Waals surface area contributed by atoms with Gasteiger partial charge in [0.25, 0.3) is 5.91 Å². The van der Waals surface area contributed by atoms with E-state index in [9.17, 15) is 13.2 Å². The van der Waals surface area contributed by atoms with Gasteiger partial charge in [-0.25, -0.2) is 18.4 Å². The number of aromatic nitrogens is 3. The Labute approximate surface area is 162 Å². The second-order valence-corrected chi connectivity index (χ2v) is 8.40. The van der Waals surface area contributed by atoms with Gasteiger partial charge < -0.3 is 10.6 Å². The number of imidazole rings is 1. The molecule has 0 atom stereocenters. The van der Waals surface area contributed by atoms with Crippen LogP contribution >= 0.6 is 0 Å². The van der Waals surface area contributed by atoms with Crippen molar-refractivity contribution in [3.05, 3.63) is 60.2 Å². The van der Waals surface area contributed by atoms with Gasteiger partial charge in [0.15, 0.2) is 0 Å². The van der Waals surface area contributed by atoms with Gasteiger partial charge in [0, 0.05) is 57.5 Å². The van der Waals surface area contributed by atoms with Crippen molar-refractivity contribution in [2.24, 2.45) is 0 Å². The Morgan fingerprint density at radius 1 is 1.14 bits per heavy atom. The van der Waals surface area contributed by atoms with E-state index in [1.807, 2.05) is 0 Å². The van der Waals surface area contributed by atoms with Crippen molar-refractivity contribution in [3.63, 3.8) is 0 Å². The fourth-order valence-electron chi connectivity index (χ4n) is 3.03. The Hall–Kier alpha value is -2.82. The monoisotopic (exact) mass is 400 g/mol. The summed E-state index contributed by atoms with van der Waals surface area (Å²) in [5.74, 6) is 0.262. The molecule has 0 radical (unpaired) electrons. The van der Waals surface area contributed by atoms with Crippen LogP contribution in [0.2, 0.25) is 0 Å². The molecule has 0 unspecified atom stereocenters. The molecule has 3 heterocycles. The molecule has 1 aliphatic rings. The van der Waals surface area contributed by atoms with Crippen molar-refractivity contribution < 1.29 is 13.2 Å². The molecule has 2 N–H and O–H groups in total. The van der Waals surface area contributed by atoms with Gasteiger partial charge >= 0.3 is 0 Å². The van der Waals surface area contributed by atoms with E-state index >= 15 is 0 Å². The zero-order valence-electron chi connectivity index (χ0n) is 15.1. The number of carbonyl (C=O) groups is 1. The van der Waals surface area contributed by atoms with E-state index in [2.05, 4.69) is 20.6 Å². The Morgan fingerprint density at radius 3 is 2.64 bits per heavy atom. The van der Waals surface area contributed by atoms with E-state index in [1.165, 1.54) is 10.5 Å². The van der Waals surface area contributed by atoms with Crippen LogP contribution in [-0.2, 0) is 16.6 Å². The predicted molar refractivity (Wildman–Crippen MR) is 102 cm³/mol. The summed E-state index contributed by atoms with van der Waals surface area (Å²) < 4.78 is 28.5. The first-order valence-electron chi connectivity index (χ1n) is 8.91. The molecule has 0 spiro atoms. The first kappa shape index (κ1) is 18.5. The van der Waals surface area contributed by atoms with Gasteiger partial charge in [0.1, 0.15) is 0 Å². The average Bonchev–Trinajstić information content (AvgIpc) is 3.21. The summed E-state index contributed by atoms with van der Waals surface area (Å²) in [7, 11) is -3.48. The highest BCUT2D eigenvalue weighted by Gasteiger charge is 2.25. The molecule has 10 heteroatoms. The quantitative estimate of drug-likeness (QED) is 0.636. The molecule has 1 amide bonds. The SMILES string of the molecule is O=C(NCc1ccc(S(=O)(=O)N2CCNCC2)cc1)c1cnc2nccn2c1. The van der Waals surface area contributed by atoms with Gasteiger partial charge in [-0.3, -0.25) is 9.20 Å². The first-order chi connectivity index (χ1) is 13.5.